The third kappa shape index (κ3) is 23.6. The van der Waals surface area contributed by atoms with Gasteiger partial charge in [-0.2, -0.15) is 0 Å². The summed E-state index contributed by atoms with van der Waals surface area (Å²) in [5.74, 6) is 1.35. The Morgan fingerprint density at radius 1 is 0.519 bits per heavy atom. The van der Waals surface area contributed by atoms with E-state index in [1.165, 1.54) is 109 Å². The van der Waals surface area contributed by atoms with Crippen LogP contribution >= 0.6 is 0 Å². The first-order valence-corrected chi connectivity index (χ1v) is 12.7. The van der Waals surface area contributed by atoms with Gasteiger partial charge in [0, 0.05) is 12.8 Å². The lowest BCUT2D eigenvalue weighted by Gasteiger charge is -2.05. The van der Waals surface area contributed by atoms with E-state index in [1.54, 1.807) is 0 Å². The van der Waals surface area contributed by atoms with Crippen LogP contribution in [0.2, 0.25) is 0 Å². The molecule has 0 aromatic carbocycles. The molecule has 0 saturated heterocycles. The molecule has 0 aliphatic heterocycles. The summed E-state index contributed by atoms with van der Waals surface area (Å²) >= 11 is 0. The lowest BCUT2D eigenvalue weighted by Crippen LogP contribution is -1.97. The van der Waals surface area contributed by atoms with Crippen LogP contribution in [-0.2, 0) is 4.79 Å². The summed E-state index contributed by atoms with van der Waals surface area (Å²) in [5, 5.41) is 0. The van der Waals surface area contributed by atoms with Crippen molar-refractivity contribution >= 4 is 5.78 Å². The fraction of sp³-hybridized carbons (Fsp3) is 0.962. The minimum atomic E-state index is 0.514. The van der Waals surface area contributed by atoms with Gasteiger partial charge < -0.3 is 0 Å². The molecule has 0 atom stereocenters. The van der Waals surface area contributed by atoms with Crippen molar-refractivity contribution in [2.75, 3.05) is 0 Å². The Kier molecular flexibility index (Phi) is 21.7. The first-order valence-electron chi connectivity index (χ1n) is 12.7. The Balaban J connectivity index is 3.14. The van der Waals surface area contributed by atoms with Gasteiger partial charge in [0.1, 0.15) is 5.78 Å². The highest BCUT2D eigenvalue weighted by molar-refractivity contribution is 5.78. The molecule has 0 rings (SSSR count). The van der Waals surface area contributed by atoms with E-state index in [1.807, 2.05) is 0 Å². The van der Waals surface area contributed by atoms with Crippen LogP contribution in [0.1, 0.15) is 156 Å². The summed E-state index contributed by atoms with van der Waals surface area (Å²) in [6, 6.07) is 0. The van der Waals surface area contributed by atoms with E-state index in [0.29, 0.717) is 5.78 Å². The molecule has 0 N–H and O–H groups in total. The van der Waals surface area contributed by atoms with Gasteiger partial charge in [-0.1, -0.05) is 130 Å². The quantitative estimate of drug-likeness (QED) is 0.171. The van der Waals surface area contributed by atoms with Crippen LogP contribution in [0.5, 0.6) is 0 Å². The molecule has 0 aromatic rings. The fourth-order valence-corrected chi connectivity index (χ4v) is 3.87. The van der Waals surface area contributed by atoms with Gasteiger partial charge in [0.15, 0.2) is 0 Å². The van der Waals surface area contributed by atoms with E-state index >= 15 is 0 Å². The summed E-state index contributed by atoms with van der Waals surface area (Å²) in [7, 11) is 0. The minimum absolute atomic E-state index is 0.514. The van der Waals surface area contributed by atoms with Crippen molar-refractivity contribution in [3.8, 4) is 0 Å². The second-order valence-electron chi connectivity index (χ2n) is 9.23. The minimum Gasteiger partial charge on any atom is -0.300 e. The molecule has 0 aliphatic rings. The van der Waals surface area contributed by atoms with Gasteiger partial charge in [0.05, 0.1) is 0 Å². The topological polar surface area (TPSA) is 17.1 Å². The molecule has 0 fully saturated rings. The van der Waals surface area contributed by atoms with Crippen LogP contribution in [-0.4, -0.2) is 5.78 Å². The highest BCUT2D eigenvalue weighted by atomic mass is 16.1. The van der Waals surface area contributed by atoms with Gasteiger partial charge in [0.2, 0.25) is 0 Å². The predicted molar refractivity (Wildman–Crippen MR) is 122 cm³/mol. The third-order valence-corrected chi connectivity index (χ3v) is 5.80. The number of carbonyl (C=O) groups is 1. The molecular weight excluding hydrogens is 328 g/mol. The normalized spacial score (nSPS) is 11.4. The number of unbranched alkanes of at least 4 members (excludes halogenated alkanes) is 16. The SMILES string of the molecule is CCCCCCCCCCCCCCCC(=O)CCCCCCCC(C)C. The number of rotatable bonds is 22. The Labute approximate surface area is 172 Å². The van der Waals surface area contributed by atoms with Crippen molar-refractivity contribution in [3.63, 3.8) is 0 Å². The van der Waals surface area contributed by atoms with E-state index in [4.69, 9.17) is 0 Å². The summed E-state index contributed by atoms with van der Waals surface area (Å²) in [6.45, 7) is 6.89. The second-order valence-corrected chi connectivity index (χ2v) is 9.23. The molecule has 162 valence electrons. The van der Waals surface area contributed by atoms with Crippen molar-refractivity contribution in [3.05, 3.63) is 0 Å². The van der Waals surface area contributed by atoms with Crippen LogP contribution in [0, 0.1) is 5.92 Å². The number of Topliss-reactive ketones (excluding diaryl/α,β-unsaturated/α-hetero) is 1. The van der Waals surface area contributed by atoms with Gasteiger partial charge in [-0.25, -0.2) is 0 Å². The predicted octanol–water partition coefficient (Wildman–Crippen LogP) is 9.42. The van der Waals surface area contributed by atoms with E-state index in [-0.39, 0.29) is 0 Å². The lowest BCUT2D eigenvalue weighted by atomic mass is 10.0. The largest absolute Gasteiger partial charge is 0.300 e. The van der Waals surface area contributed by atoms with Crippen molar-refractivity contribution in [2.24, 2.45) is 5.92 Å². The molecule has 0 amide bonds. The Morgan fingerprint density at radius 2 is 0.852 bits per heavy atom. The highest BCUT2D eigenvalue weighted by Gasteiger charge is 2.02. The van der Waals surface area contributed by atoms with E-state index < -0.39 is 0 Å². The van der Waals surface area contributed by atoms with Gasteiger partial charge in [-0.15, -0.1) is 0 Å². The molecule has 27 heavy (non-hydrogen) atoms. The zero-order valence-electron chi connectivity index (χ0n) is 19.3. The van der Waals surface area contributed by atoms with Gasteiger partial charge >= 0.3 is 0 Å². The molecule has 0 unspecified atom stereocenters. The maximum atomic E-state index is 11.9. The smallest absolute Gasteiger partial charge is 0.132 e. The zero-order valence-corrected chi connectivity index (χ0v) is 19.3. The van der Waals surface area contributed by atoms with Crippen LogP contribution in [0.3, 0.4) is 0 Å². The van der Waals surface area contributed by atoms with E-state index in [0.717, 1.165) is 31.6 Å². The monoisotopic (exact) mass is 380 g/mol. The number of hydrogen-bond donors (Lipinski definition) is 0. The summed E-state index contributed by atoms with van der Waals surface area (Å²) < 4.78 is 0. The van der Waals surface area contributed by atoms with Crippen molar-refractivity contribution in [1.82, 2.24) is 0 Å². The number of ketones is 1. The maximum Gasteiger partial charge on any atom is 0.132 e. The molecular formula is C26H52O. The number of carbonyl (C=O) groups excluding carboxylic acids is 1. The van der Waals surface area contributed by atoms with Gasteiger partial charge in [-0.3, -0.25) is 4.79 Å². The molecule has 0 aromatic heterocycles. The molecule has 0 aliphatic carbocycles. The fourth-order valence-electron chi connectivity index (χ4n) is 3.87. The summed E-state index contributed by atoms with van der Waals surface area (Å²) in [6.07, 6.45) is 27.3. The Bertz CT molecular complexity index is 295. The highest BCUT2D eigenvalue weighted by Crippen LogP contribution is 2.14. The Hall–Kier alpha value is -0.330. The standard InChI is InChI=1S/C26H52O/c1-4-5-6-7-8-9-10-11-12-13-14-17-20-23-26(27)24-21-18-15-16-19-22-25(2)3/h25H,4-24H2,1-3H3. The van der Waals surface area contributed by atoms with Crippen molar-refractivity contribution < 1.29 is 4.79 Å². The lowest BCUT2D eigenvalue weighted by molar-refractivity contribution is -0.119. The number of hydrogen-bond acceptors (Lipinski definition) is 1. The van der Waals surface area contributed by atoms with Crippen LogP contribution in [0.15, 0.2) is 0 Å². The molecule has 1 nitrogen and oxygen atoms in total. The first-order chi connectivity index (χ1) is 13.2. The maximum absolute atomic E-state index is 11.9. The summed E-state index contributed by atoms with van der Waals surface area (Å²) in [4.78, 5) is 11.9. The summed E-state index contributed by atoms with van der Waals surface area (Å²) in [5.41, 5.74) is 0. The van der Waals surface area contributed by atoms with Gasteiger partial charge in [0.25, 0.3) is 0 Å². The van der Waals surface area contributed by atoms with Crippen LogP contribution < -0.4 is 0 Å². The average molecular weight is 381 g/mol. The zero-order chi connectivity index (χ0) is 20.0. The van der Waals surface area contributed by atoms with Crippen LogP contribution in [0.4, 0.5) is 0 Å². The second kappa shape index (κ2) is 22.0. The molecule has 0 spiro atoms. The molecule has 0 radical (unpaired) electrons. The molecule has 0 bridgehead atoms. The average Bonchev–Trinajstić information content (AvgIpc) is 2.64. The van der Waals surface area contributed by atoms with E-state index in [2.05, 4.69) is 20.8 Å². The van der Waals surface area contributed by atoms with Crippen molar-refractivity contribution in [2.45, 2.75) is 156 Å². The van der Waals surface area contributed by atoms with E-state index in [9.17, 15) is 4.79 Å². The van der Waals surface area contributed by atoms with Gasteiger partial charge in [-0.05, 0) is 18.8 Å². The Morgan fingerprint density at radius 3 is 1.22 bits per heavy atom. The van der Waals surface area contributed by atoms with Crippen molar-refractivity contribution in [1.29, 1.82) is 0 Å². The first kappa shape index (κ1) is 26.7. The third-order valence-electron chi connectivity index (χ3n) is 5.80. The molecule has 0 heterocycles. The van der Waals surface area contributed by atoms with Crippen LogP contribution in [0.25, 0.3) is 0 Å². The molecule has 1 heteroatoms. The molecule has 0 saturated carbocycles.